The predicted molar refractivity (Wildman–Crippen MR) is 85.1 cm³/mol. The number of aldehydes is 1. The molecular weight excluding hydrogens is 318 g/mol. The summed E-state index contributed by atoms with van der Waals surface area (Å²) >= 11 is 0. The molecule has 0 saturated heterocycles. The standard InChI is InChI=1S/C16H19NO7/c1-4-16(19)24-11(2)12-9-14(22-3)15(10-13(12)17(20)21)23-8-6-5-7-18/h4,7,9-11H,1,5-6,8H2,2-3H3. The third-order valence-electron chi connectivity index (χ3n) is 3.13. The first-order valence-corrected chi connectivity index (χ1v) is 7.20. The van der Waals surface area contributed by atoms with Crippen molar-refractivity contribution in [1.82, 2.24) is 0 Å². The van der Waals surface area contributed by atoms with E-state index in [9.17, 15) is 19.7 Å². The van der Waals surface area contributed by atoms with E-state index in [1.54, 1.807) is 0 Å². The molecule has 0 aliphatic rings. The summed E-state index contributed by atoms with van der Waals surface area (Å²) in [5.41, 5.74) is -0.0853. The van der Waals surface area contributed by atoms with E-state index in [2.05, 4.69) is 6.58 Å². The lowest BCUT2D eigenvalue weighted by Crippen LogP contribution is -2.09. The fraction of sp³-hybridized carbons (Fsp3) is 0.375. The first-order valence-electron chi connectivity index (χ1n) is 7.20. The molecule has 0 aliphatic heterocycles. The van der Waals surface area contributed by atoms with Gasteiger partial charge in [0.15, 0.2) is 11.5 Å². The smallest absolute Gasteiger partial charge is 0.330 e. The molecule has 1 unspecified atom stereocenters. The Hall–Kier alpha value is -2.90. The van der Waals surface area contributed by atoms with Gasteiger partial charge in [-0.3, -0.25) is 10.1 Å². The van der Waals surface area contributed by atoms with Crippen LogP contribution in [0.15, 0.2) is 24.8 Å². The van der Waals surface area contributed by atoms with Gasteiger partial charge in [0, 0.05) is 12.5 Å². The number of carbonyl (C=O) groups excluding carboxylic acids is 2. The van der Waals surface area contributed by atoms with Gasteiger partial charge in [-0.05, 0) is 19.4 Å². The van der Waals surface area contributed by atoms with Crippen LogP contribution in [0, 0.1) is 10.1 Å². The second-order valence-electron chi connectivity index (χ2n) is 4.76. The van der Waals surface area contributed by atoms with E-state index in [4.69, 9.17) is 14.2 Å². The second kappa shape index (κ2) is 9.29. The molecule has 0 fully saturated rings. The van der Waals surface area contributed by atoms with Crippen molar-refractivity contribution in [3.05, 3.63) is 40.5 Å². The number of hydrogen-bond acceptors (Lipinski definition) is 7. The summed E-state index contributed by atoms with van der Waals surface area (Å²) in [5.74, 6) is -0.241. The topological polar surface area (TPSA) is 105 Å². The second-order valence-corrected chi connectivity index (χ2v) is 4.76. The molecule has 0 aromatic heterocycles. The number of benzene rings is 1. The van der Waals surface area contributed by atoms with Crippen molar-refractivity contribution in [2.45, 2.75) is 25.9 Å². The summed E-state index contributed by atoms with van der Waals surface area (Å²) in [6.45, 7) is 5.01. The van der Waals surface area contributed by atoms with E-state index in [0.717, 1.165) is 12.4 Å². The average Bonchev–Trinajstić information content (AvgIpc) is 2.57. The molecule has 8 nitrogen and oxygen atoms in total. The molecule has 24 heavy (non-hydrogen) atoms. The van der Waals surface area contributed by atoms with E-state index < -0.39 is 17.0 Å². The predicted octanol–water partition coefficient (Wildman–Crippen LogP) is 2.75. The molecule has 1 rings (SSSR count). The van der Waals surface area contributed by atoms with Crippen LogP contribution in [0.2, 0.25) is 0 Å². The van der Waals surface area contributed by atoms with Gasteiger partial charge in [-0.1, -0.05) is 6.58 Å². The maximum atomic E-state index is 11.3. The van der Waals surface area contributed by atoms with Crippen molar-refractivity contribution in [3.8, 4) is 11.5 Å². The molecule has 1 atom stereocenters. The van der Waals surface area contributed by atoms with E-state index in [1.807, 2.05) is 0 Å². The van der Waals surface area contributed by atoms with Gasteiger partial charge in [0.05, 0.1) is 30.3 Å². The van der Waals surface area contributed by atoms with Gasteiger partial charge in [0.25, 0.3) is 5.69 Å². The van der Waals surface area contributed by atoms with Crippen molar-refractivity contribution in [2.24, 2.45) is 0 Å². The lowest BCUT2D eigenvalue weighted by molar-refractivity contribution is -0.386. The van der Waals surface area contributed by atoms with Gasteiger partial charge in [-0.25, -0.2) is 4.79 Å². The van der Waals surface area contributed by atoms with E-state index in [0.29, 0.717) is 12.8 Å². The Morgan fingerprint density at radius 1 is 1.42 bits per heavy atom. The van der Waals surface area contributed by atoms with Crippen LogP contribution in [-0.4, -0.2) is 30.9 Å². The van der Waals surface area contributed by atoms with Crippen molar-refractivity contribution in [1.29, 1.82) is 0 Å². The zero-order valence-corrected chi connectivity index (χ0v) is 13.5. The molecule has 0 aliphatic carbocycles. The summed E-state index contributed by atoms with van der Waals surface area (Å²) in [4.78, 5) is 32.3. The Morgan fingerprint density at radius 3 is 2.67 bits per heavy atom. The Labute approximate surface area is 139 Å². The summed E-state index contributed by atoms with van der Waals surface area (Å²) in [6.07, 6.45) is 1.69. The number of nitrogens with zero attached hydrogens (tertiary/aromatic N) is 1. The zero-order valence-electron chi connectivity index (χ0n) is 13.5. The van der Waals surface area contributed by atoms with Gasteiger partial charge in [0.1, 0.15) is 12.4 Å². The third-order valence-corrected chi connectivity index (χ3v) is 3.13. The molecule has 0 heterocycles. The van der Waals surface area contributed by atoms with Crippen molar-refractivity contribution < 1.29 is 28.7 Å². The van der Waals surface area contributed by atoms with E-state index in [1.165, 1.54) is 26.2 Å². The number of nitro benzene ring substituents is 1. The zero-order chi connectivity index (χ0) is 18.1. The van der Waals surface area contributed by atoms with Crippen LogP contribution in [0.25, 0.3) is 0 Å². The molecule has 8 heteroatoms. The number of carbonyl (C=O) groups is 2. The fourth-order valence-corrected chi connectivity index (χ4v) is 1.96. The number of esters is 1. The van der Waals surface area contributed by atoms with Gasteiger partial charge < -0.3 is 19.0 Å². The summed E-state index contributed by atoms with van der Waals surface area (Å²) < 4.78 is 15.7. The number of methoxy groups -OCH3 is 1. The van der Waals surface area contributed by atoms with Crippen LogP contribution in [0.3, 0.4) is 0 Å². The Balaban J connectivity index is 3.15. The van der Waals surface area contributed by atoms with Gasteiger partial charge in [-0.15, -0.1) is 0 Å². The van der Waals surface area contributed by atoms with E-state index >= 15 is 0 Å². The number of hydrogen-bond donors (Lipinski definition) is 0. The maximum Gasteiger partial charge on any atom is 0.330 e. The molecule has 130 valence electrons. The minimum Gasteiger partial charge on any atom is -0.493 e. The van der Waals surface area contributed by atoms with Crippen LogP contribution in [0.4, 0.5) is 5.69 Å². The molecule has 1 aromatic carbocycles. The number of nitro groups is 1. The number of rotatable bonds is 10. The maximum absolute atomic E-state index is 11.3. The molecule has 0 spiro atoms. The van der Waals surface area contributed by atoms with Gasteiger partial charge >= 0.3 is 5.97 Å². The summed E-state index contributed by atoms with van der Waals surface area (Å²) in [5, 5.41) is 11.3. The van der Waals surface area contributed by atoms with Crippen LogP contribution in [0.1, 0.15) is 31.4 Å². The van der Waals surface area contributed by atoms with Gasteiger partial charge in [0.2, 0.25) is 0 Å². The van der Waals surface area contributed by atoms with Gasteiger partial charge in [-0.2, -0.15) is 0 Å². The first-order chi connectivity index (χ1) is 11.4. The summed E-state index contributed by atoms with van der Waals surface area (Å²) in [7, 11) is 1.39. The highest BCUT2D eigenvalue weighted by Crippen LogP contribution is 2.38. The quantitative estimate of drug-likeness (QED) is 0.161. The Morgan fingerprint density at radius 2 is 2.12 bits per heavy atom. The Kier molecular flexibility index (Phi) is 7.41. The van der Waals surface area contributed by atoms with Crippen molar-refractivity contribution in [2.75, 3.05) is 13.7 Å². The van der Waals surface area contributed by atoms with Crippen molar-refractivity contribution in [3.63, 3.8) is 0 Å². The lowest BCUT2D eigenvalue weighted by atomic mass is 10.1. The molecule has 0 N–H and O–H groups in total. The Bertz CT molecular complexity index is 627. The third kappa shape index (κ3) is 5.08. The number of ether oxygens (including phenoxy) is 3. The largest absolute Gasteiger partial charge is 0.493 e. The molecule has 1 aromatic rings. The average molecular weight is 337 g/mol. The fourth-order valence-electron chi connectivity index (χ4n) is 1.96. The normalized spacial score (nSPS) is 11.2. The highest BCUT2D eigenvalue weighted by atomic mass is 16.6. The molecule has 0 radical (unpaired) electrons. The lowest BCUT2D eigenvalue weighted by Gasteiger charge is -2.16. The SMILES string of the molecule is C=CC(=O)OC(C)c1cc(OC)c(OCCCC=O)cc1[N+](=O)[O-]. The minimum absolute atomic E-state index is 0.173. The molecule has 0 bridgehead atoms. The highest BCUT2D eigenvalue weighted by Gasteiger charge is 2.25. The molecule has 0 amide bonds. The van der Waals surface area contributed by atoms with Crippen LogP contribution in [0.5, 0.6) is 11.5 Å². The van der Waals surface area contributed by atoms with Crippen LogP contribution >= 0.6 is 0 Å². The number of unbranched alkanes of at least 4 members (excludes halogenated alkanes) is 1. The minimum atomic E-state index is -0.867. The van der Waals surface area contributed by atoms with Crippen LogP contribution in [-0.2, 0) is 14.3 Å². The monoisotopic (exact) mass is 337 g/mol. The van der Waals surface area contributed by atoms with Crippen molar-refractivity contribution >= 4 is 17.9 Å². The highest BCUT2D eigenvalue weighted by molar-refractivity contribution is 5.81. The molecular formula is C16H19NO7. The first kappa shape index (κ1) is 19.1. The summed E-state index contributed by atoms with van der Waals surface area (Å²) in [6, 6.07) is 2.61. The van der Waals surface area contributed by atoms with Crippen LogP contribution < -0.4 is 9.47 Å². The molecule has 0 saturated carbocycles. The van der Waals surface area contributed by atoms with E-state index in [-0.39, 0.29) is 29.4 Å².